The highest BCUT2D eigenvalue weighted by Crippen LogP contribution is 2.31. The lowest BCUT2D eigenvalue weighted by atomic mass is 10.2. The van der Waals surface area contributed by atoms with Crippen LogP contribution in [0.4, 0.5) is 0 Å². The average molecular weight is 418 g/mol. The summed E-state index contributed by atoms with van der Waals surface area (Å²) in [5, 5.41) is 4.01. The molecule has 0 aliphatic carbocycles. The summed E-state index contributed by atoms with van der Waals surface area (Å²) >= 11 is 0. The zero-order valence-electron chi connectivity index (χ0n) is 17.0. The first-order chi connectivity index (χ1) is 15.2. The van der Waals surface area contributed by atoms with Crippen LogP contribution in [0.2, 0.25) is 0 Å². The van der Waals surface area contributed by atoms with E-state index in [0.717, 1.165) is 11.1 Å². The highest BCUT2D eigenvalue weighted by atomic mass is 16.6. The van der Waals surface area contributed by atoms with Crippen molar-refractivity contribution in [3.8, 4) is 23.0 Å². The van der Waals surface area contributed by atoms with Crippen molar-refractivity contribution in [1.82, 2.24) is 5.43 Å². The highest BCUT2D eigenvalue weighted by molar-refractivity contribution is 5.85. The van der Waals surface area contributed by atoms with E-state index >= 15 is 0 Å². The minimum Gasteiger partial charge on any atom is -0.493 e. The molecule has 7 nitrogen and oxygen atoms in total. The third kappa shape index (κ3) is 5.14. The smallest absolute Gasteiger partial charge is 0.284 e. The Morgan fingerprint density at radius 2 is 1.84 bits per heavy atom. The van der Waals surface area contributed by atoms with Crippen LogP contribution >= 0.6 is 0 Å². The van der Waals surface area contributed by atoms with Crippen LogP contribution in [0.5, 0.6) is 23.0 Å². The van der Waals surface area contributed by atoms with Gasteiger partial charge in [-0.05, 0) is 41.5 Å². The van der Waals surface area contributed by atoms with Gasteiger partial charge < -0.3 is 18.9 Å². The largest absolute Gasteiger partial charge is 0.493 e. The van der Waals surface area contributed by atoms with Crippen LogP contribution in [-0.4, -0.2) is 31.9 Å². The molecule has 0 bridgehead atoms. The summed E-state index contributed by atoms with van der Waals surface area (Å²) in [6.07, 6.45) is 0.759. The van der Waals surface area contributed by atoms with Crippen molar-refractivity contribution in [2.45, 2.75) is 12.7 Å². The van der Waals surface area contributed by atoms with Gasteiger partial charge in [-0.15, -0.1) is 0 Å². The van der Waals surface area contributed by atoms with E-state index in [9.17, 15) is 4.79 Å². The van der Waals surface area contributed by atoms with Crippen LogP contribution in [0.3, 0.4) is 0 Å². The maximum Gasteiger partial charge on any atom is 0.284 e. The van der Waals surface area contributed by atoms with Gasteiger partial charge in [0.15, 0.2) is 23.0 Å². The monoisotopic (exact) mass is 418 g/mol. The summed E-state index contributed by atoms with van der Waals surface area (Å²) in [5.41, 5.74) is 4.29. The van der Waals surface area contributed by atoms with Crippen molar-refractivity contribution < 1.29 is 23.7 Å². The first kappa shape index (κ1) is 20.3. The number of rotatable bonds is 7. The zero-order chi connectivity index (χ0) is 21.5. The molecular formula is C24H22N2O5. The Morgan fingerprint density at radius 3 is 2.65 bits per heavy atom. The van der Waals surface area contributed by atoms with Crippen molar-refractivity contribution in [2.24, 2.45) is 5.10 Å². The molecule has 0 aromatic heterocycles. The Balaban J connectivity index is 1.34. The summed E-state index contributed by atoms with van der Waals surface area (Å²) in [6.45, 7) is 0.562. The second-order valence-electron chi connectivity index (χ2n) is 6.78. The lowest BCUT2D eigenvalue weighted by molar-refractivity contribution is -0.130. The first-order valence-electron chi connectivity index (χ1n) is 9.79. The number of methoxy groups -OCH3 is 1. The molecule has 0 spiro atoms. The molecule has 0 fully saturated rings. The quantitative estimate of drug-likeness (QED) is 0.469. The van der Waals surface area contributed by atoms with Gasteiger partial charge in [0, 0.05) is 0 Å². The van der Waals surface area contributed by atoms with Crippen LogP contribution < -0.4 is 24.4 Å². The molecule has 0 radical (unpaired) electrons. The van der Waals surface area contributed by atoms with Crippen LogP contribution in [0, 0.1) is 0 Å². The molecule has 3 aromatic rings. The lowest BCUT2D eigenvalue weighted by Crippen LogP contribution is -2.42. The molecule has 1 heterocycles. The van der Waals surface area contributed by atoms with Crippen molar-refractivity contribution in [2.75, 3.05) is 13.7 Å². The lowest BCUT2D eigenvalue weighted by Gasteiger charge is -2.24. The Bertz CT molecular complexity index is 1070. The Morgan fingerprint density at radius 1 is 1.06 bits per heavy atom. The first-order valence-corrected chi connectivity index (χ1v) is 9.79. The molecular weight excluding hydrogens is 396 g/mol. The second-order valence-corrected chi connectivity index (χ2v) is 6.78. The van der Waals surface area contributed by atoms with E-state index in [1.165, 1.54) is 6.21 Å². The van der Waals surface area contributed by atoms with Crippen molar-refractivity contribution in [1.29, 1.82) is 0 Å². The third-order valence-corrected chi connectivity index (χ3v) is 4.61. The number of para-hydroxylation sites is 2. The van der Waals surface area contributed by atoms with Gasteiger partial charge in [0.2, 0.25) is 6.10 Å². The fourth-order valence-electron chi connectivity index (χ4n) is 3.01. The van der Waals surface area contributed by atoms with E-state index in [4.69, 9.17) is 18.9 Å². The van der Waals surface area contributed by atoms with Gasteiger partial charge in [0.25, 0.3) is 5.91 Å². The summed E-state index contributed by atoms with van der Waals surface area (Å²) < 4.78 is 22.5. The van der Waals surface area contributed by atoms with E-state index in [1.807, 2.05) is 48.5 Å². The topological polar surface area (TPSA) is 78.4 Å². The fourth-order valence-corrected chi connectivity index (χ4v) is 3.01. The maximum atomic E-state index is 12.3. The van der Waals surface area contributed by atoms with Crippen molar-refractivity contribution in [3.63, 3.8) is 0 Å². The zero-order valence-corrected chi connectivity index (χ0v) is 17.0. The van der Waals surface area contributed by atoms with Crippen LogP contribution in [0.1, 0.15) is 11.1 Å². The number of carbonyl (C=O) groups is 1. The standard InChI is InChI=1S/C24H22N2O5/c1-28-22-13-18(11-12-20(22)29-15-17-7-3-2-4-8-17)14-25-26-24(27)23-16-30-19-9-5-6-10-21(19)31-23/h2-14,23H,15-16H2,1H3,(H,26,27). The fraction of sp³-hybridized carbons (Fsp3) is 0.167. The summed E-state index contributed by atoms with van der Waals surface area (Å²) in [4.78, 5) is 12.3. The van der Waals surface area contributed by atoms with Gasteiger partial charge in [-0.1, -0.05) is 42.5 Å². The Labute approximate surface area is 180 Å². The molecule has 1 amide bonds. The van der Waals surface area contributed by atoms with E-state index in [0.29, 0.717) is 29.6 Å². The number of nitrogens with zero attached hydrogens (tertiary/aromatic N) is 1. The van der Waals surface area contributed by atoms with Gasteiger partial charge in [-0.3, -0.25) is 4.79 Å². The summed E-state index contributed by atoms with van der Waals surface area (Å²) in [7, 11) is 1.58. The molecule has 31 heavy (non-hydrogen) atoms. The van der Waals surface area contributed by atoms with Gasteiger partial charge in [0.1, 0.15) is 13.2 Å². The minimum atomic E-state index is -0.768. The molecule has 0 saturated heterocycles. The van der Waals surface area contributed by atoms with Gasteiger partial charge in [-0.2, -0.15) is 5.10 Å². The SMILES string of the molecule is COc1cc(C=NNC(=O)C2COc3ccccc3O2)ccc1OCc1ccccc1. The molecule has 0 saturated carbocycles. The number of hydrogen-bond acceptors (Lipinski definition) is 6. The number of carbonyl (C=O) groups excluding carboxylic acids is 1. The van der Waals surface area contributed by atoms with E-state index < -0.39 is 6.10 Å². The molecule has 1 N–H and O–H groups in total. The van der Waals surface area contributed by atoms with Gasteiger partial charge in [0.05, 0.1) is 13.3 Å². The second kappa shape index (κ2) is 9.67. The molecule has 1 aliphatic heterocycles. The number of nitrogens with one attached hydrogen (secondary N) is 1. The predicted octanol–water partition coefficient (Wildman–Crippen LogP) is 3.56. The number of hydrogen-bond donors (Lipinski definition) is 1. The summed E-state index contributed by atoms with van der Waals surface area (Å²) in [6, 6.07) is 22.5. The Kier molecular flexibility index (Phi) is 6.32. The molecule has 1 aliphatic rings. The molecule has 4 rings (SSSR count). The van der Waals surface area contributed by atoms with E-state index in [1.54, 1.807) is 31.4 Å². The molecule has 158 valence electrons. The number of amides is 1. The van der Waals surface area contributed by atoms with Crippen LogP contribution in [-0.2, 0) is 11.4 Å². The molecule has 1 atom stereocenters. The van der Waals surface area contributed by atoms with Crippen LogP contribution in [0.15, 0.2) is 77.9 Å². The third-order valence-electron chi connectivity index (χ3n) is 4.61. The normalized spacial score (nSPS) is 14.8. The number of fused-ring (bicyclic) bond motifs is 1. The number of hydrazone groups is 1. The molecule has 3 aromatic carbocycles. The van der Waals surface area contributed by atoms with Gasteiger partial charge >= 0.3 is 0 Å². The predicted molar refractivity (Wildman–Crippen MR) is 116 cm³/mol. The summed E-state index contributed by atoms with van der Waals surface area (Å²) in [5.74, 6) is 1.97. The van der Waals surface area contributed by atoms with Crippen molar-refractivity contribution in [3.05, 3.63) is 83.9 Å². The van der Waals surface area contributed by atoms with Crippen LogP contribution in [0.25, 0.3) is 0 Å². The number of benzene rings is 3. The average Bonchev–Trinajstić information content (AvgIpc) is 2.83. The highest BCUT2D eigenvalue weighted by Gasteiger charge is 2.26. The maximum absolute atomic E-state index is 12.3. The number of ether oxygens (including phenoxy) is 4. The van der Waals surface area contributed by atoms with E-state index in [-0.39, 0.29) is 12.5 Å². The van der Waals surface area contributed by atoms with Gasteiger partial charge in [-0.25, -0.2) is 5.43 Å². The molecule has 7 heteroatoms. The van der Waals surface area contributed by atoms with Crippen molar-refractivity contribution >= 4 is 12.1 Å². The Hall–Kier alpha value is -4.00. The minimum absolute atomic E-state index is 0.125. The van der Waals surface area contributed by atoms with E-state index in [2.05, 4.69) is 10.5 Å². The molecule has 1 unspecified atom stereocenters.